The summed E-state index contributed by atoms with van der Waals surface area (Å²) in [4.78, 5) is 15.4. The molecule has 0 unspecified atom stereocenters. The Kier molecular flexibility index (Phi) is 4.89. The number of carbonyl (C=O) groups excluding carboxylic acids is 1. The fraction of sp³-hybridized carbons (Fsp3) is 0.500. The maximum absolute atomic E-state index is 11.6. The standard InChI is InChI=1S/C12H15N5O/c1-9(2)3-4-15-12(18)7-17-8-16-10(5-13)11(17)6-14/h8-9H,3-4,7H2,1-2H3,(H,15,18). The van der Waals surface area contributed by atoms with Crippen LogP contribution in [0.3, 0.4) is 0 Å². The number of aromatic nitrogens is 2. The summed E-state index contributed by atoms with van der Waals surface area (Å²) < 4.78 is 1.38. The molecule has 0 aliphatic heterocycles. The predicted molar refractivity (Wildman–Crippen MR) is 64.1 cm³/mol. The van der Waals surface area contributed by atoms with Crippen molar-refractivity contribution in [1.29, 1.82) is 10.5 Å². The van der Waals surface area contributed by atoms with Gasteiger partial charge in [0.05, 0.1) is 6.33 Å². The molecule has 1 aromatic heterocycles. The zero-order valence-electron chi connectivity index (χ0n) is 10.5. The highest BCUT2D eigenvalue weighted by molar-refractivity contribution is 5.75. The van der Waals surface area contributed by atoms with Crippen LogP contribution in [-0.4, -0.2) is 22.0 Å². The summed E-state index contributed by atoms with van der Waals surface area (Å²) in [6, 6.07) is 3.68. The molecule has 0 atom stereocenters. The van der Waals surface area contributed by atoms with E-state index in [-0.39, 0.29) is 23.8 Å². The molecule has 1 N–H and O–H groups in total. The van der Waals surface area contributed by atoms with E-state index in [4.69, 9.17) is 10.5 Å². The highest BCUT2D eigenvalue weighted by Crippen LogP contribution is 2.04. The Hall–Kier alpha value is -2.34. The molecule has 1 heterocycles. The number of nitrogens with one attached hydrogen (secondary N) is 1. The molecule has 1 rings (SSSR count). The molecule has 6 nitrogen and oxygen atoms in total. The first-order valence-corrected chi connectivity index (χ1v) is 5.70. The van der Waals surface area contributed by atoms with E-state index in [1.807, 2.05) is 12.1 Å². The van der Waals surface area contributed by atoms with Gasteiger partial charge in [-0.3, -0.25) is 4.79 Å². The molecule has 1 amide bonds. The fourth-order valence-electron chi connectivity index (χ4n) is 1.41. The number of carbonyl (C=O) groups is 1. The Morgan fingerprint density at radius 3 is 2.78 bits per heavy atom. The van der Waals surface area contributed by atoms with Crippen molar-refractivity contribution in [2.24, 2.45) is 5.92 Å². The van der Waals surface area contributed by atoms with E-state index in [9.17, 15) is 4.79 Å². The summed E-state index contributed by atoms with van der Waals surface area (Å²) in [6.07, 6.45) is 2.24. The second-order valence-electron chi connectivity index (χ2n) is 4.33. The molecular weight excluding hydrogens is 230 g/mol. The summed E-state index contributed by atoms with van der Waals surface area (Å²) >= 11 is 0. The molecule has 1 aromatic rings. The molecule has 0 spiro atoms. The Labute approximate surface area is 106 Å². The average Bonchev–Trinajstić information content (AvgIpc) is 2.70. The van der Waals surface area contributed by atoms with Gasteiger partial charge in [-0.15, -0.1) is 0 Å². The number of hydrogen-bond donors (Lipinski definition) is 1. The van der Waals surface area contributed by atoms with Gasteiger partial charge >= 0.3 is 0 Å². The Balaban J connectivity index is 2.58. The molecule has 0 aliphatic carbocycles. The Morgan fingerprint density at radius 2 is 2.22 bits per heavy atom. The molecule has 0 saturated heterocycles. The van der Waals surface area contributed by atoms with E-state index >= 15 is 0 Å². The molecule has 0 fully saturated rings. The molecule has 18 heavy (non-hydrogen) atoms. The van der Waals surface area contributed by atoms with Crippen LogP contribution >= 0.6 is 0 Å². The zero-order chi connectivity index (χ0) is 13.5. The van der Waals surface area contributed by atoms with Gasteiger partial charge in [0.1, 0.15) is 18.7 Å². The first kappa shape index (κ1) is 13.7. The molecule has 0 bridgehead atoms. The average molecular weight is 245 g/mol. The number of amides is 1. The first-order valence-electron chi connectivity index (χ1n) is 5.70. The second kappa shape index (κ2) is 6.41. The van der Waals surface area contributed by atoms with E-state index in [2.05, 4.69) is 24.1 Å². The van der Waals surface area contributed by atoms with E-state index in [1.165, 1.54) is 10.9 Å². The van der Waals surface area contributed by atoms with Crippen LogP contribution < -0.4 is 5.32 Å². The van der Waals surface area contributed by atoms with E-state index in [0.29, 0.717) is 12.5 Å². The maximum Gasteiger partial charge on any atom is 0.240 e. The smallest absolute Gasteiger partial charge is 0.240 e. The van der Waals surface area contributed by atoms with Crippen LogP contribution in [0.5, 0.6) is 0 Å². The van der Waals surface area contributed by atoms with Crippen LogP contribution in [0, 0.1) is 28.6 Å². The minimum Gasteiger partial charge on any atom is -0.355 e. The Bertz CT molecular complexity index is 504. The van der Waals surface area contributed by atoms with Gasteiger partial charge in [-0.2, -0.15) is 10.5 Å². The van der Waals surface area contributed by atoms with E-state index in [0.717, 1.165) is 6.42 Å². The molecular formula is C12H15N5O. The third-order valence-corrected chi connectivity index (χ3v) is 2.41. The molecule has 0 radical (unpaired) electrons. The van der Waals surface area contributed by atoms with Crippen molar-refractivity contribution in [3.8, 4) is 12.1 Å². The van der Waals surface area contributed by atoms with Gasteiger partial charge < -0.3 is 9.88 Å². The van der Waals surface area contributed by atoms with E-state index in [1.54, 1.807) is 0 Å². The lowest BCUT2D eigenvalue weighted by atomic mass is 10.1. The SMILES string of the molecule is CC(C)CCNC(=O)Cn1cnc(C#N)c1C#N. The summed E-state index contributed by atoms with van der Waals surface area (Å²) in [5.74, 6) is 0.340. The normalized spacial score (nSPS) is 9.83. The van der Waals surface area contributed by atoms with Gasteiger partial charge in [-0.05, 0) is 12.3 Å². The number of rotatable bonds is 5. The van der Waals surface area contributed by atoms with Gasteiger partial charge in [0, 0.05) is 6.54 Å². The fourth-order valence-corrected chi connectivity index (χ4v) is 1.41. The van der Waals surface area contributed by atoms with Gasteiger partial charge in [0.15, 0.2) is 11.4 Å². The minimum absolute atomic E-state index is 0.00959. The summed E-state index contributed by atoms with van der Waals surface area (Å²) in [7, 11) is 0. The van der Waals surface area contributed by atoms with Gasteiger partial charge in [0.25, 0.3) is 0 Å². The van der Waals surface area contributed by atoms with Crippen LogP contribution in [0.25, 0.3) is 0 Å². The summed E-state index contributed by atoms with van der Waals surface area (Å²) in [5, 5.41) is 20.4. The highest BCUT2D eigenvalue weighted by atomic mass is 16.1. The van der Waals surface area contributed by atoms with Crippen molar-refractivity contribution in [3.05, 3.63) is 17.7 Å². The number of hydrogen-bond acceptors (Lipinski definition) is 4. The van der Waals surface area contributed by atoms with Crippen LogP contribution in [-0.2, 0) is 11.3 Å². The van der Waals surface area contributed by atoms with Crippen molar-refractivity contribution in [2.45, 2.75) is 26.8 Å². The van der Waals surface area contributed by atoms with Crippen molar-refractivity contribution in [2.75, 3.05) is 6.54 Å². The molecule has 0 aromatic carbocycles. The third kappa shape index (κ3) is 3.60. The monoisotopic (exact) mass is 245 g/mol. The van der Waals surface area contributed by atoms with E-state index < -0.39 is 0 Å². The van der Waals surface area contributed by atoms with Crippen molar-refractivity contribution >= 4 is 5.91 Å². The molecule has 0 saturated carbocycles. The summed E-state index contributed by atoms with van der Waals surface area (Å²) in [6.45, 7) is 4.78. The van der Waals surface area contributed by atoms with Crippen LogP contribution in [0.1, 0.15) is 31.7 Å². The first-order chi connectivity index (χ1) is 8.58. The molecule has 6 heteroatoms. The van der Waals surface area contributed by atoms with Crippen molar-refractivity contribution in [3.63, 3.8) is 0 Å². The Morgan fingerprint density at radius 1 is 1.50 bits per heavy atom. The quantitative estimate of drug-likeness (QED) is 0.829. The number of imidazole rings is 1. The molecule has 94 valence electrons. The lowest BCUT2D eigenvalue weighted by Gasteiger charge is -2.07. The lowest BCUT2D eigenvalue weighted by Crippen LogP contribution is -2.29. The van der Waals surface area contributed by atoms with Gasteiger partial charge in [-0.25, -0.2) is 4.98 Å². The van der Waals surface area contributed by atoms with Crippen molar-refractivity contribution in [1.82, 2.24) is 14.9 Å². The van der Waals surface area contributed by atoms with Crippen molar-refractivity contribution < 1.29 is 4.79 Å². The van der Waals surface area contributed by atoms with Crippen LogP contribution in [0.4, 0.5) is 0 Å². The molecule has 0 aliphatic rings. The second-order valence-corrected chi connectivity index (χ2v) is 4.33. The largest absolute Gasteiger partial charge is 0.355 e. The predicted octanol–water partition coefficient (Wildman–Crippen LogP) is 0.789. The maximum atomic E-state index is 11.6. The minimum atomic E-state index is -0.186. The third-order valence-electron chi connectivity index (χ3n) is 2.41. The summed E-state index contributed by atoms with van der Waals surface area (Å²) in [5.41, 5.74) is 0.170. The number of nitrogens with zero attached hydrogens (tertiary/aromatic N) is 4. The zero-order valence-corrected chi connectivity index (χ0v) is 10.5. The number of nitriles is 2. The highest BCUT2D eigenvalue weighted by Gasteiger charge is 2.12. The van der Waals surface area contributed by atoms with Gasteiger partial charge in [-0.1, -0.05) is 13.8 Å². The van der Waals surface area contributed by atoms with Crippen LogP contribution in [0.15, 0.2) is 6.33 Å². The topological polar surface area (TPSA) is 94.5 Å². The van der Waals surface area contributed by atoms with Gasteiger partial charge in [0.2, 0.25) is 5.91 Å². The van der Waals surface area contributed by atoms with Crippen LogP contribution in [0.2, 0.25) is 0 Å². The lowest BCUT2D eigenvalue weighted by molar-refractivity contribution is -0.121.